The fourth-order valence-corrected chi connectivity index (χ4v) is 1.66. The van der Waals surface area contributed by atoms with E-state index in [1.807, 2.05) is 12.1 Å². The van der Waals surface area contributed by atoms with E-state index in [0.29, 0.717) is 12.0 Å². The van der Waals surface area contributed by atoms with E-state index >= 15 is 0 Å². The van der Waals surface area contributed by atoms with Crippen molar-refractivity contribution in [1.29, 1.82) is 0 Å². The van der Waals surface area contributed by atoms with Crippen LogP contribution in [0.1, 0.15) is 32.4 Å². The largest absolute Gasteiger partial charge is 0.380 e. The molecule has 0 fully saturated rings. The standard InChI is InChI=1S/C14H22ClNO/c1-11(2)10-17-9-8-16-12(3)13-4-6-14(15)7-5-13/h4-7,11-12,16H,8-10H2,1-3H3. The molecule has 0 spiro atoms. The van der Waals surface area contributed by atoms with Crippen LogP contribution in [0.3, 0.4) is 0 Å². The lowest BCUT2D eigenvalue weighted by atomic mass is 10.1. The Kier molecular flexibility index (Phi) is 6.56. The number of benzene rings is 1. The zero-order valence-corrected chi connectivity index (χ0v) is 11.6. The smallest absolute Gasteiger partial charge is 0.0591 e. The van der Waals surface area contributed by atoms with E-state index in [1.54, 1.807) is 0 Å². The summed E-state index contributed by atoms with van der Waals surface area (Å²) in [6.45, 7) is 8.92. The number of hydrogen-bond donors (Lipinski definition) is 1. The van der Waals surface area contributed by atoms with Crippen molar-refractivity contribution in [3.8, 4) is 0 Å². The van der Waals surface area contributed by atoms with Gasteiger partial charge in [-0.15, -0.1) is 0 Å². The maximum Gasteiger partial charge on any atom is 0.0591 e. The summed E-state index contributed by atoms with van der Waals surface area (Å²) in [5, 5.41) is 4.20. The lowest BCUT2D eigenvalue weighted by molar-refractivity contribution is 0.110. The van der Waals surface area contributed by atoms with Gasteiger partial charge in [-0.1, -0.05) is 37.6 Å². The second kappa shape index (κ2) is 7.70. The number of nitrogens with one attached hydrogen (secondary N) is 1. The molecule has 0 aromatic heterocycles. The lowest BCUT2D eigenvalue weighted by Crippen LogP contribution is -2.23. The van der Waals surface area contributed by atoms with Crippen LogP contribution < -0.4 is 5.32 Å². The van der Waals surface area contributed by atoms with E-state index in [-0.39, 0.29) is 0 Å². The first kappa shape index (κ1) is 14.5. The molecule has 1 aromatic carbocycles. The van der Waals surface area contributed by atoms with Crippen LogP contribution in [0.5, 0.6) is 0 Å². The summed E-state index contributed by atoms with van der Waals surface area (Å²) in [6, 6.07) is 8.27. The Hall–Kier alpha value is -0.570. The molecular weight excluding hydrogens is 234 g/mol. The first-order valence-electron chi connectivity index (χ1n) is 6.16. The van der Waals surface area contributed by atoms with Crippen LogP contribution in [-0.4, -0.2) is 19.8 Å². The van der Waals surface area contributed by atoms with Gasteiger partial charge in [-0.05, 0) is 30.5 Å². The summed E-state index contributed by atoms with van der Waals surface area (Å²) >= 11 is 5.85. The molecule has 0 heterocycles. The van der Waals surface area contributed by atoms with E-state index in [0.717, 1.165) is 24.8 Å². The number of halogens is 1. The van der Waals surface area contributed by atoms with Gasteiger partial charge in [0.05, 0.1) is 6.61 Å². The number of ether oxygens (including phenoxy) is 1. The summed E-state index contributed by atoms with van der Waals surface area (Å²) in [7, 11) is 0. The van der Waals surface area contributed by atoms with Crippen molar-refractivity contribution in [2.24, 2.45) is 5.92 Å². The molecule has 0 bridgehead atoms. The molecule has 0 amide bonds. The molecule has 1 rings (SSSR count). The van der Waals surface area contributed by atoms with Gasteiger partial charge in [0.2, 0.25) is 0 Å². The molecule has 0 saturated heterocycles. The van der Waals surface area contributed by atoms with Gasteiger partial charge in [0.25, 0.3) is 0 Å². The maximum atomic E-state index is 5.85. The Morgan fingerprint density at radius 1 is 1.18 bits per heavy atom. The molecule has 3 heteroatoms. The second-order valence-corrected chi connectivity index (χ2v) is 5.13. The fourth-order valence-electron chi connectivity index (χ4n) is 1.54. The molecule has 0 saturated carbocycles. The van der Waals surface area contributed by atoms with Crippen molar-refractivity contribution in [3.63, 3.8) is 0 Å². The Morgan fingerprint density at radius 2 is 1.82 bits per heavy atom. The van der Waals surface area contributed by atoms with Crippen molar-refractivity contribution in [1.82, 2.24) is 5.32 Å². The third-order valence-electron chi connectivity index (χ3n) is 2.52. The number of rotatable bonds is 7. The molecule has 0 aliphatic rings. The molecule has 17 heavy (non-hydrogen) atoms. The first-order valence-corrected chi connectivity index (χ1v) is 6.54. The summed E-state index contributed by atoms with van der Waals surface area (Å²) in [4.78, 5) is 0. The predicted octanol–water partition coefficient (Wildman–Crippen LogP) is 3.66. The third kappa shape index (κ3) is 6.06. The normalized spacial score (nSPS) is 13.0. The highest BCUT2D eigenvalue weighted by atomic mass is 35.5. The average molecular weight is 256 g/mol. The van der Waals surface area contributed by atoms with Gasteiger partial charge in [-0.25, -0.2) is 0 Å². The highest BCUT2D eigenvalue weighted by molar-refractivity contribution is 6.30. The van der Waals surface area contributed by atoms with Gasteiger partial charge < -0.3 is 10.1 Å². The van der Waals surface area contributed by atoms with Crippen LogP contribution in [0.2, 0.25) is 5.02 Å². The van der Waals surface area contributed by atoms with Gasteiger partial charge in [-0.3, -0.25) is 0 Å². The molecule has 0 aliphatic carbocycles. The van der Waals surface area contributed by atoms with Crippen LogP contribution in [0, 0.1) is 5.92 Å². The van der Waals surface area contributed by atoms with Gasteiger partial charge >= 0.3 is 0 Å². The molecule has 1 unspecified atom stereocenters. The van der Waals surface area contributed by atoms with Crippen LogP contribution in [-0.2, 0) is 4.74 Å². The zero-order valence-electron chi connectivity index (χ0n) is 10.9. The Morgan fingerprint density at radius 3 is 2.41 bits per heavy atom. The molecule has 96 valence electrons. The highest BCUT2D eigenvalue weighted by Crippen LogP contribution is 2.15. The predicted molar refractivity (Wildman–Crippen MR) is 73.5 cm³/mol. The van der Waals surface area contributed by atoms with Gasteiger partial charge in [-0.2, -0.15) is 0 Å². The lowest BCUT2D eigenvalue weighted by Gasteiger charge is -2.14. The minimum absolute atomic E-state index is 0.329. The zero-order chi connectivity index (χ0) is 12.7. The topological polar surface area (TPSA) is 21.3 Å². The third-order valence-corrected chi connectivity index (χ3v) is 2.77. The Bertz CT molecular complexity index is 311. The minimum Gasteiger partial charge on any atom is -0.380 e. The first-order chi connectivity index (χ1) is 8.09. The van der Waals surface area contributed by atoms with E-state index in [1.165, 1.54) is 5.56 Å². The van der Waals surface area contributed by atoms with Crippen molar-refractivity contribution in [3.05, 3.63) is 34.9 Å². The molecule has 1 N–H and O–H groups in total. The van der Waals surface area contributed by atoms with Crippen LogP contribution in [0.25, 0.3) is 0 Å². The van der Waals surface area contributed by atoms with Crippen LogP contribution >= 0.6 is 11.6 Å². The molecule has 1 atom stereocenters. The monoisotopic (exact) mass is 255 g/mol. The van der Waals surface area contributed by atoms with E-state index in [4.69, 9.17) is 16.3 Å². The van der Waals surface area contributed by atoms with Gasteiger partial charge in [0, 0.05) is 24.2 Å². The molecular formula is C14H22ClNO. The maximum absolute atomic E-state index is 5.85. The van der Waals surface area contributed by atoms with E-state index in [2.05, 4.69) is 38.2 Å². The van der Waals surface area contributed by atoms with Crippen molar-refractivity contribution >= 4 is 11.6 Å². The van der Waals surface area contributed by atoms with E-state index < -0.39 is 0 Å². The molecule has 2 nitrogen and oxygen atoms in total. The van der Waals surface area contributed by atoms with Crippen molar-refractivity contribution in [2.45, 2.75) is 26.8 Å². The summed E-state index contributed by atoms with van der Waals surface area (Å²) in [6.07, 6.45) is 0. The summed E-state index contributed by atoms with van der Waals surface area (Å²) in [5.74, 6) is 0.601. The van der Waals surface area contributed by atoms with Crippen molar-refractivity contribution < 1.29 is 4.74 Å². The van der Waals surface area contributed by atoms with Crippen LogP contribution in [0.15, 0.2) is 24.3 Å². The van der Waals surface area contributed by atoms with E-state index in [9.17, 15) is 0 Å². The Labute approximate surface area is 109 Å². The van der Waals surface area contributed by atoms with Crippen LogP contribution in [0.4, 0.5) is 0 Å². The highest BCUT2D eigenvalue weighted by Gasteiger charge is 2.03. The second-order valence-electron chi connectivity index (χ2n) is 4.70. The quantitative estimate of drug-likeness (QED) is 0.751. The summed E-state index contributed by atoms with van der Waals surface area (Å²) < 4.78 is 5.52. The van der Waals surface area contributed by atoms with Gasteiger partial charge in [0.1, 0.15) is 0 Å². The minimum atomic E-state index is 0.329. The SMILES string of the molecule is CC(C)COCCNC(C)c1ccc(Cl)cc1. The number of hydrogen-bond acceptors (Lipinski definition) is 2. The Balaban J connectivity index is 2.21. The van der Waals surface area contributed by atoms with Gasteiger partial charge in [0.15, 0.2) is 0 Å². The van der Waals surface area contributed by atoms with Crippen molar-refractivity contribution in [2.75, 3.05) is 19.8 Å². The summed E-state index contributed by atoms with van der Waals surface area (Å²) in [5.41, 5.74) is 1.25. The molecule has 1 aromatic rings. The molecule has 0 aliphatic heterocycles. The fraction of sp³-hybridized carbons (Fsp3) is 0.571. The average Bonchev–Trinajstić information content (AvgIpc) is 2.29. The molecule has 0 radical (unpaired) electrons.